The molecule has 0 unspecified atom stereocenters. The molecule has 0 radical (unpaired) electrons. The molecule has 1 atom stereocenters. The molecule has 4 aromatic rings. The van der Waals surface area contributed by atoms with Gasteiger partial charge in [0.05, 0.1) is 25.8 Å². The summed E-state index contributed by atoms with van der Waals surface area (Å²) < 4.78 is 10.5. The molecule has 2 aromatic carbocycles. The normalized spacial score (nSPS) is 17.3. The fourth-order valence-electron chi connectivity index (χ4n) is 4.49. The Morgan fingerprint density at radius 2 is 1.80 bits per heavy atom. The first-order valence-corrected chi connectivity index (χ1v) is 12.0. The molecule has 1 fully saturated rings. The molecule has 7 nitrogen and oxygen atoms in total. The van der Waals surface area contributed by atoms with E-state index < -0.39 is 17.7 Å². The Kier molecular flexibility index (Phi) is 6.05. The summed E-state index contributed by atoms with van der Waals surface area (Å²) in [6.07, 6.45) is 2.45. The molecule has 1 aliphatic heterocycles. The van der Waals surface area contributed by atoms with Crippen LogP contribution >= 0.6 is 11.3 Å². The van der Waals surface area contributed by atoms with Crippen LogP contribution in [0.4, 0.5) is 0 Å². The van der Waals surface area contributed by atoms with Gasteiger partial charge in [-0.2, -0.15) is 0 Å². The minimum absolute atomic E-state index is 0.100. The first-order valence-electron chi connectivity index (χ1n) is 11.1. The second kappa shape index (κ2) is 9.31. The van der Waals surface area contributed by atoms with Gasteiger partial charge >= 0.3 is 0 Å². The van der Waals surface area contributed by atoms with E-state index in [1.54, 1.807) is 43.4 Å². The fraction of sp³-hybridized carbons (Fsp3) is 0.185. The molecule has 2 N–H and O–H groups in total. The highest BCUT2D eigenvalue weighted by atomic mass is 32.1. The topological polar surface area (TPSA) is 91.9 Å². The van der Waals surface area contributed by atoms with Crippen LogP contribution in [-0.4, -0.2) is 47.4 Å². The number of likely N-dealkylation sites (tertiary alicyclic amines) is 1. The van der Waals surface area contributed by atoms with Crippen molar-refractivity contribution in [2.24, 2.45) is 0 Å². The highest BCUT2D eigenvalue weighted by Gasteiger charge is 2.46. The van der Waals surface area contributed by atoms with E-state index in [0.29, 0.717) is 24.3 Å². The maximum absolute atomic E-state index is 13.2. The number of Topliss-reactive ketones (excluding diaryl/α,β-unsaturated/α-hetero) is 1. The third-order valence-corrected chi connectivity index (χ3v) is 7.24. The average molecular weight is 489 g/mol. The van der Waals surface area contributed by atoms with Gasteiger partial charge in [0.25, 0.3) is 11.7 Å². The number of ketones is 1. The molecule has 1 saturated heterocycles. The maximum Gasteiger partial charge on any atom is 0.295 e. The molecule has 3 heterocycles. The van der Waals surface area contributed by atoms with E-state index in [4.69, 9.17) is 9.47 Å². The molecule has 2 aromatic heterocycles. The predicted octanol–water partition coefficient (Wildman–Crippen LogP) is 4.91. The first-order chi connectivity index (χ1) is 17.0. The molecule has 178 valence electrons. The third kappa shape index (κ3) is 4.06. The zero-order valence-corrected chi connectivity index (χ0v) is 20.1. The molecule has 0 bridgehead atoms. The molecular weight excluding hydrogens is 464 g/mol. The highest BCUT2D eigenvalue weighted by molar-refractivity contribution is 7.10. The second-order valence-corrected chi connectivity index (χ2v) is 9.19. The summed E-state index contributed by atoms with van der Waals surface area (Å²) in [7, 11) is 3.18. The summed E-state index contributed by atoms with van der Waals surface area (Å²) in [4.78, 5) is 32.0. The largest absolute Gasteiger partial charge is 0.507 e. The average Bonchev–Trinajstić information content (AvgIpc) is 3.61. The molecule has 8 heteroatoms. The summed E-state index contributed by atoms with van der Waals surface area (Å²) in [5.74, 6) is -0.110. The zero-order chi connectivity index (χ0) is 24.5. The van der Waals surface area contributed by atoms with Crippen LogP contribution in [0.1, 0.15) is 22.0 Å². The van der Waals surface area contributed by atoms with Gasteiger partial charge in [-0.05, 0) is 65.9 Å². The van der Waals surface area contributed by atoms with Crippen LogP contribution in [0.3, 0.4) is 0 Å². The summed E-state index contributed by atoms with van der Waals surface area (Å²) in [6.45, 7) is 0.316. The molecule has 35 heavy (non-hydrogen) atoms. The van der Waals surface area contributed by atoms with Gasteiger partial charge in [0.1, 0.15) is 17.3 Å². The number of aliphatic hydroxyl groups is 1. The van der Waals surface area contributed by atoms with E-state index in [9.17, 15) is 14.7 Å². The molecule has 0 spiro atoms. The van der Waals surface area contributed by atoms with Crippen LogP contribution in [0.15, 0.2) is 71.7 Å². The van der Waals surface area contributed by atoms with Gasteiger partial charge in [-0.3, -0.25) is 9.59 Å². The van der Waals surface area contributed by atoms with Gasteiger partial charge in [0.15, 0.2) is 0 Å². The van der Waals surface area contributed by atoms with E-state index in [0.717, 1.165) is 27.1 Å². The SMILES string of the molecule is COc1ccc(C(O)=C2C(=O)C(=O)N(CCc3c[nH]c4ccc(OC)cc34)[C@H]2c2cccs2)cc1. The molecule has 0 aliphatic carbocycles. The van der Waals surface area contributed by atoms with Crippen molar-refractivity contribution in [2.75, 3.05) is 20.8 Å². The van der Waals surface area contributed by atoms with Crippen LogP contribution in [0.25, 0.3) is 16.7 Å². The smallest absolute Gasteiger partial charge is 0.295 e. The van der Waals surface area contributed by atoms with Gasteiger partial charge in [0.2, 0.25) is 0 Å². The van der Waals surface area contributed by atoms with E-state index in [-0.39, 0.29) is 11.3 Å². The van der Waals surface area contributed by atoms with Crippen molar-refractivity contribution < 1.29 is 24.2 Å². The number of fused-ring (bicyclic) bond motifs is 1. The third-order valence-electron chi connectivity index (χ3n) is 6.31. The van der Waals surface area contributed by atoms with Crippen molar-refractivity contribution in [1.82, 2.24) is 9.88 Å². The Bertz CT molecular complexity index is 1420. The monoisotopic (exact) mass is 488 g/mol. The van der Waals surface area contributed by atoms with Crippen LogP contribution in [0, 0.1) is 0 Å². The predicted molar refractivity (Wildman–Crippen MR) is 135 cm³/mol. The number of carbonyl (C=O) groups excluding carboxylic acids is 2. The summed E-state index contributed by atoms with van der Waals surface area (Å²) in [5.41, 5.74) is 2.54. The van der Waals surface area contributed by atoms with Crippen LogP contribution < -0.4 is 9.47 Å². The van der Waals surface area contributed by atoms with Crippen LogP contribution in [0.2, 0.25) is 0 Å². The highest BCUT2D eigenvalue weighted by Crippen LogP contribution is 2.41. The first kappa shape index (κ1) is 22.7. The Morgan fingerprint density at radius 1 is 1.06 bits per heavy atom. The zero-order valence-electron chi connectivity index (χ0n) is 19.3. The number of methoxy groups -OCH3 is 2. The van der Waals surface area contributed by atoms with Crippen molar-refractivity contribution in [3.05, 3.63) is 87.8 Å². The van der Waals surface area contributed by atoms with E-state index in [2.05, 4.69) is 4.98 Å². The maximum atomic E-state index is 13.2. The number of nitrogens with one attached hydrogen (secondary N) is 1. The van der Waals surface area contributed by atoms with Crippen molar-refractivity contribution in [1.29, 1.82) is 0 Å². The van der Waals surface area contributed by atoms with E-state index in [1.165, 1.54) is 11.3 Å². The lowest BCUT2D eigenvalue weighted by Gasteiger charge is -2.24. The number of ether oxygens (including phenoxy) is 2. The molecule has 1 amide bonds. The fourth-order valence-corrected chi connectivity index (χ4v) is 5.34. The number of aromatic amines is 1. The Hall–Kier alpha value is -4.04. The number of H-pyrrole nitrogens is 1. The molecular formula is C27H24N2O5S. The minimum Gasteiger partial charge on any atom is -0.507 e. The van der Waals surface area contributed by atoms with Crippen LogP contribution in [-0.2, 0) is 16.0 Å². The van der Waals surface area contributed by atoms with Gasteiger partial charge < -0.3 is 24.5 Å². The molecule has 0 saturated carbocycles. The van der Waals surface area contributed by atoms with Gasteiger partial charge in [-0.25, -0.2) is 0 Å². The second-order valence-electron chi connectivity index (χ2n) is 8.21. The van der Waals surface area contributed by atoms with Gasteiger partial charge in [0, 0.05) is 34.1 Å². The van der Waals surface area contributed by atoms with Crippen molar-refractivity contribution >= 4 is 39.7 Å². The standard InChI is InChI=1S/C27H24N2O5S/c1-33-18-7-5-16(6-8-18)25(30)23-24(22-4-3-13-35-22)29(27(32)26(23)31)12-11-17-15-28-21-10-9-19(34-2)14-20(17)21/h3-10,13-15,24,28,30H,11-12H2,1-2H3/t24-/m0/s1. The molecule has 1 aliphatic rings. The number of benzene rings is 2. The Balaban J connectivity index is 1.51. The van der Waals surface area contributed by atoms with Crippen LogP contribution in [0.5, 0.6) is 11.5 Å². The number of thiophene rings is 1. The van der Waals surface area contributed by atoms with Crippen molar-refractivity contribution in [3.63, 3.8) is 0 Å². The number of carbonyl (C=O) groups is 2. The molecule has 5 rings (SSSR count). The van der Waals surface area contributed by atoms with Crippen molar-refractivity contribution in [3.8, 4) is 11.5 Å². The Labute approximate surface area is 206 Å². The van der Waals surface area contributed by atoms with Gasteiger partial charge in [-0.15, -0.1) is 11.3 Å². The van der Waals surface area contributed by atoms with Gasteiger partial charge in [-0.1, -0.05) is 6.07 Å². The summed E-state index contributed by atoms with van der Waals surface area (Å²) in [6, 6.07) is 15.6. The van der Waals surface area contributed by atoms with E-state index >= 15 is 0 Å². The minimum atomic E-state index is -0.683. The summed E-state index contributed by atoms with van der Waals surface area (Å²) in [5, 5.41) is 14.0. The lowest BCUT2D eigenvalue weighted by molar-refractivity contribution is -0.139. The lowest BCUT2D eigenvalue weighted by atomic mass is 9.99. The number of aromatic nitrogens is 1. The number of hydrogen-bond acceptors (Lipinski definition) is 6. The number of aliphatic hydroxyl groups excluding tert-OH is 1. The van der Waals surface area contributed by atoms with Crippen molar-refractivity contribution in [2.45, 2.75) is 12.5 Å². The Morgan fingerprint density at radius 3 is 2.49 bits per heavy atom. The summed E-state index contributed by atoms with van der Waals surface area (Å²) >= 11 is 1.45. The number of rotatable bonds is 7. The van der Waals surface area contributed by atoms with E-state index in [1.807, 2.05) is 41.9 Å². The number of amides is 1. The lowest BCUT2D eigenvalue weighted by Crippen LogP contribution is -2.31. The number of nitrogens with zero attached hydrogens (tertiary/aromatic N) is 1. The number of hydrogen-bond donors (Lipinski definition) is 2. The quantitative estimate of drug-likeness (QED) is 0.219.